The van der Waals surface area contributed by atoms with Gasteiger partial charge in [0.05, 0.1) is 11.6 Å². The second kappa shape index (κ2) is 6.53. The van der Waals surface area contributed by atoms with Gasteiger partial charge in [-0.2, -0.15) is 5.26 Å². The molecule has 96 valence electrons. The first-order chi connectivity index (χ1) is 8.79. The van der Waals surface area contributed by atoms with Crippen LogP contribution in [0.25, 0.3) is 0 Å². The predicted octanol–water partition coefficient (Wildman–Crippen LogP) is 2.38. The van der Waals surface area contributed by atoms with Crippen LogP contribution in [0.3, 0.4) is 0 Å². The lowest BCUT2D eigenvalue weighted by molar-refractivity contribution is 0.0662. The summed E-state index contributed by atoms with van der Waals surface area (Å²) in [5.41, 5.74) is 3.20. The highest BCUT2D eigenvalue weighted by Gasteiger charge is 2.13. The Balaban J connectivity index is 1.81. The molecule has 0 aliphatic carbocycles. The zero-order chi connectivity index (χ0) is 12.8. The first-order valence-corrected chi connectivity index (χ1v) is 6.57. The highest BCUT2D eigenvalue weighted by Crippen LogP contribution is 2.14. The molecule has 3 heteroatoms. The summed E-state index contributed by atoms with van der Waals surface area (Å²) < 4.78 is 5.35. The van der Waals surface area contributed by atoms with Crippen LogP contribution < -0.4 is 5.32 Å². The lowest BCUT2D eigenvalue weighted by Gasteiger charge is -2.22. The number of rotatable bonds is 4. The number of nitriles is 1. The van der Waals surface area contributed by atoms with Crippen molar-refractivity contribution in [2.24, 2.45) is 5.92 Å². The van der Waals surface area contributed by atoms with Crippen molar-refractivity contribution >= 4 is 0 Å². The maximum Gasteiger partial charge on any atom is 0.0991 e. The predicted molar refractivity (Wildman–Crippen MR) is 71.1 cm³/mol. The van der Waals surface area contributed by atoms with Gasteiger partial charge in [0.1, 0.15) is 0 Å². The van der Waals surface area contributed by atoms with Crippen LogP contribution in [-0.2, 0) is 11.3 Å². The van der Waals surface area contributed by atoms with Gasteiger partial charge < -0.3 is 10.1 Å². The smallest absolute Gasteiger partial charge is 0.0991 e. The molecule has 18 heavy (non-hydrogen) atoms. The molecule has 1 aliphatic rings. The van der Waals surface area contributed by atoms with E-state index in [-0.39, 0.29) is 0 Å². The summed E-state index contributed by atoms with van der Waals surface area (Å²) >= 11 is 0. The van der Waals surface area contributed by atoms with Gasteiger partial charge in [0.25, 0.3) is 0 Å². The molecule has 1 N–H and O–H groups in total. The quantitative estimate of drug-likeness (QED) is 0.884. The van der Waals surface area contributed by atoms with Gasteiger partial charge in [-0.3, -0.25) is 0 Å². The summed E-state index contributed by atoms with van der Waals surface area (Å²) in [6.07, 6.45) is 2.33. The molecule has 0 amide bonds. The van der Waals surface area contributed by atoms with Gasteiger partial charge in [-0.25, -0.2) is 0 Å². The van der Waals surface area contributed by atoms with Gasteiger partial charge in [0, 0.05) is 19.8 Å². The van der Waals surface area contributed by atoms with E-state index in [9.17, 15) is 0 Å². The molecule has 0 bridgehead atoms. The molecular weight excluding hydrogens is 224 g/mol. The molecule has 1 aromatic carbocycles. The Morgan fingerprint density at radius 2 is 2.17 bits per heavy atom. The van der Waals surface area contributed by atoms with E-state index in [1.165, 1.54) is 24.0 Å². The molecule has 0 spiro atoms. The lowest BCUT2D eigenvalue weighted by Crippen LogP contribution is -2.27. The highest BCUT2D eigenvalue weighted by atomic mass is 16.5. The van der Waals surface area contributed by atoms with E-state index in [4.69, 9.17) is 10.00 Å². The molecule has 1 saturated heterocycles. The molecule has 3 nitrogen and oxygen atoms in total. The van der Waals surface area contributed by atoms with Crippen molar-refractivity contribution in [1.29, 1.82) is 5.26 Å². The fourth-order valence-corrected chi connectivity index (χ4v) is 2.33. The molecular formula is C15H20N2O. The largest absolute Gasteiger partial charge is 0.381 e. The number of ether oxygens (including phenoxy) is 1. The molecule has 0 aromatic heterocycles. The standard InChI is InChI=1S/C15H20N2O/c1-12-8-14(9-16)2-3-15(12)11-17-10-13-4-6-18-7-5-13/h2-3,8,13,17H,4-7,10-11H2,1H3. The molecule has 1 heterocycles. The van der Waals surface area contributed by atoms with Gasteiger partial charge in [-0.05, 0) is 55.5 Å². The molecule has 0 unspecified atom stereocenters. The Kier molecular flexibility index (Phi) is 4.74. The highest BCUT2D eigenvalue weighted by molar-refractivity contribution is 5.37. The van der Waals surface area contributed by atoms with E-state index in [0.29, 0.717) is 0 Å². The van der Waals surface area contributed by atoms with E-state index in [1.54, 1.807) is 0 Å². The second-order valence-electron chi connectivity index (χ2n) is 4.94. The van der Waals surface area contributed by atoms with E-state index >= 15 is 0 Å². The number of hydrogen-bond acceptors (Lipinski definition) is 3. The van der Waals surface area contributed by atoms with Crippen LogP contribution in [0, 0.1) is 24.2 Å². The van der Waals surface area contributed by atoms with Crippen LogP contribution in [0.4, 0.5) is 0 Å². The normalized spacial score (nSPS) is 16.4. The Labute approximate surface area is 109 Å². The Morgan fingerprint density at radius 3 is 2.83 bits per heavy atom. The van der Waals surface area contributed by atoms with Crippen LogP contribution >= 0.6 is 0 Å². The van der Waals surface area contributed by atoms with Crippen molar-refractivity contribution < 1.29 is 4.74 Å². The summed E-state index contributed by atoms with van der Waals surface area (Å²) in [5, 5.41) is 12.3. The Hall–Kier alpha value is -1.37. The number of benzene rings is 1. The lowest BCUT2D eigenvalue weighted by atomic mass is 10.00. The van der Waals surface area contributed by atoms with E-state index in [2.05, 4.69) is 18.3 Å². The fourth-order valence-electron chi connectivity index (χ4n) is 2.33. The molecule has 0 radical (unpaired) electrons. The van der Waals surface area contributed by atoms with Gasteiger partial charge >= 0.3 is 0 Å². The fraction of sp³-hybridized carbons (Fsp3) is 0.533. The third-order valence-corrected chi connectivity index (χ3v) is 3.56. The first kappa shape index (κ1) is 13.1. The molecule has 2 rings (SSSR count). The average molecular weight is 244 g/mol. The Morgan fingerprint density at radius 1 is 1.39 bits per heavy atom. The SMILES string of the molecule is Cc1cc(C#N)ccc1CNCC1CCOCC1. The number of hydrogen-bond donors (Lipinski definition) is 1. The number of nitrogens with one attached hydrogen (secondary N) is 1. The second-order valence-corrected chi connectivity index (χ2v) is 4.94. The minimum Gasteiger partial charge on any atom is -0.381 e. The van der Waals surface area contributed by atoms with E-state index < -0.39 is 0 Å². The van der Waals surface area contributed by atoms with E-state index in [0.717, 1.165) is 37.8 Å². The van der Waals surface area contributed by atoms with Gasteiger partial charge in [-0.1, -0.05) is 6.07 Å². The van der Waals surface area contributed by atoms with E-state index in [1.807, 2.05) is 18.2 Å². The molecule has 1 aromatic rings. The number of aryl methyl sites for hydroxylation is 1. The van der Waals surface area contributed by atoms with Crippen LogP contribution in [0.5, 0.6) is 0 Å². The van der Waals surface area contributed by atoms with Crippen LogP contribution in [0.15, 0.2) is 18.2 Å². The average Bonchev–Trinajstić information content (AvgIpc) is 2.42. The third-order valence-electron chi connectivity index (χ3n) is 3.56. The zero-order valence-corrected chi connectivity index (χ0v) is 10.9. The maximum atomic E-state index is 8.82. The van der Waals surface area contributed by atoms with Crippen molar-refractivity contribution in [2.75, 3.05) is 19.8 Å². The molecule has 0 atom stereocenters. The zero-order valence-electron chi connectivity index (χ0n) is 10.9. The minimum absolute atomic E-state index is 0.737. The van der Waals surface area contributed by atoms with Crippen molar-refractivity contribution in [2.45, 2.75) is 26.3 Å². The molecule has 0 saturated carbocycles. The summed E-state index contributed by atoms with van der Waals surface area (Å²) in [5.74, 6) is 0.748. The molecule has 1 aliphatic heterocycles. The van der Waals surface area contributed by atoms with Crippen molar-refractivity contribution in [3.05, 3.63) is 34.9 Å². The number of nitrogens with zero attached hydrogens (tertiary/aromatic N) is 1. The van der Waals surface area contributed by atoms with Gasteiger partial charge in [0.2, 0.25) is 0 Å². The van der Waals surface area contributed by atoms with Crippen molar-refractivity contribution in [1.82, 2.24) is 5.32 Å². The minimum atomic E-state index is 0.737. The Bertz CT molecular complexity index is 431. The monoisotopic (exact) mass is 244 g/mol. The van der Waals surface area contributed by atoms with Crippen LogP contribution in [0.1, 0.15) is 29.5 Å². The summed E-state index contributed by atoms with van der Waals surface area (Å²) in [6.45, 7) is 5.81. The topological polar surface area (TPSA) is 45.0 Å². The summed E-state index contributed by atoms with van der Waals surface area (Å²) in [6, 6.07) is 8.05. The first-order valence-electron chi connectivity index (χ1n) is 6.57. The van der Waals surface area contributed by atoms with Crippen LogP contribution in [0.2, 0.25) is 0 Å². The van der Waals surface area contributed by atoms with Crippen LogP contribution in [-0.4, -0.2) is 19.8 Å². The van der Waals surface area contributed by atoms with Crippen molar-refractivity contribution in [3.8, 4) is 6.07 Å². The van der Waals surface area contributed by atoms with Crippen molar-refractivity contribution in [3.63, 3.8) is 0 Å². The van der Waals surface area contributed by atoms with Gasteiger partial charge in [0.15, 0.2) is 0 Å². The van der Waals surface area contributed by atoms with Gasteiger partial charge in [-0.15, -0.1) is 0 Å². The summed E-state index contributed by atoms with van der Waals surface area (Å²) in [7, 11) is 0. The maximum absolute atomic E-state index is 8.82. The molecule has 1 fully saturated rings. The third kappa shape index (κ3) is 3.56. The summed E-state index contributed by atoms with van der Waals surface area (Å²) in [4.78, 5) is 0.